The van der Waals surface area contributed by atoms with Gasteiger partial charge in [0.05, 0.1) is 0 Å². The Bertz CT molecular complexity index is 665. The van der Waals surface area contributed by atoms with Gasteiger partial charge in [-0.3, -0.25) is 4.79 Å². The van der Waals surface area contributed by atoms with Crippen molar-refractivity contribution in [3.8, 4) is 0 Å². The van der Waals surface area contributed by atoms with E-state index >= 15 is 0 Å². The number of hydrogen-bond donors (Lipinski definition) is 1. The molecule has 4 rings (SSSR count). The Balaban J connectivity index is 1.45. The quantitative estimate of drug-likeness (QED) is 0.860. The molecule has 1 aromatic carbocycles. The highest BCUT2D eigenvalue weighted by Gasteiger charge is 2.44. The molecule has 2 bridgehead atoms. The average molecular weight is 331 g/mol. The third kappa shape index (κ3) is 2.85. The summed E-state index contributed by atoms with van der Waals surface area (Å²) in [5.41, 5.74) is 0.477. The summed E-state index contributed by atoms with van der Waals surface area (Å²) in [6, 6.07) is 6.06. The lowest BCUT2D eigenvalue weighted by Gasteiger charge is -2.52. The fourth-order valence-corrected chi connectivity index (χ4v) is 4.54. The van der Waals surface area contributed by atoms with Crippen LogP contribution in [0.2, 0.25) is 0 Å². The van der Waals surface area contributed by atoms with Gasteiger partial charge in [-0.15, -0.1) is 0 Å². The van der Waals surface area contributed by atoms with E-state index in [0.29, 0.717) is 37.0 Å². The highest BCUT2D eigenvalue weighted by atomic mass is 19.1. The first kappa shape index (κ1) is 15.4. The van der Waals surface area contributed by atoms with Gasteiger partial charge in [0.15, 0.2) is 0 Å². The molecule has 3 amide bonds. The Kier molecular flexibility index (Phi) is 3.90. The number of nitrogens with zero attached hydrogens (tertiary/aromatic N) is 2. The number of anilines is 1. The second-order valence-electron chi connectivity index (χ2n) is 7.21. The van der Waals surface area contributed by atoms with Crippen molar-refractivity contribution >= 4 is 17.6 Å². The van der Waals surface area contributed by atoms with Crippen molar-refractivity contribution in [2.45, 2.75) is 31.7 Å². The lowest BCUT2D eigenvalue weighted by Crippen LogP contribution is -2.61. The van der Waals surface area contributed by atoms with Crippen LogP contribution >= 0.6 is 0 Å². The van der Waals surface area contributed by atoms with Crippen LogP contribution < -0.4 is 5.32 Å². The number of carbonyl (C=O) groups is 2. The zero-order valence-electron chi connectivity index (χ0n) is 13.6. The molecule has 5 nitrogen and oxygen atoms in total. The summed E-state index contributed by atoms with van der Waals surface area (Å²) < 4.78 is 13.3. The van der Waals surface area contributed by atoms with E-state index in [1.165, 1.54) is 12.1 Å². The molecule has 0 radical (unpaired) electrons. The molecule has 0 unspecified atom stereocenters. The minimum absolute atomic E-state index is 0.175. The summed E-state index contributed by atoms with van der Waals surface area (Å²) in [5, 5.41) is 2.79. The van der Waals surface area contributed by atoms with Gasteiger partial charge in [0.25, 0.3) is 0 Å². The minimum atomic E-state index is -0.361. The van der Waals surface area contributed by atoms with Gasteiger partial charge in [-0.2, -0.15) is 0 Å². The summed E-state index contributed by atoms with van der Waals surface area (Å²) >= 11 is 0. The topological polar surface area (TPSA) is 52.7 Å². The van der Waals surface area contributed by atoms with E-state index < -0.39 is 0 Å². The second-order valence-corrected chi connectivity index (χ2v) is 7.21. The number of nitrogens with one attached hydrogen (secondary N) is 1. The van der Waals surface area contributed by atoms with E-state index in [4.69, 9.17) is 0 Å². The number of piperidine rings is 3. The van der Waals surface area contributed by atoms with Crippen LogP contribution in [0, 0.1) is 17.7 Å². The third-order valence-corrected chi connectivity index (χ3v) is 5.54. The summed E-state index contributed by atoms with van der Waals surface area (Å²) in [4.78, 5) is 28.6. The van der Waals surface area contributed by atoms with Crippen LogP contribution in [0.25, 0.3) is 0 Å². The Morgan fingerprint density at radius 2 is 2.12 bits per heavy atom. The first-order valence-electron chi connectivity index (χ1n) is 8.71. The summed E-state index contributed by atoms with van der Waals surface area (Å²) in [7, 11) is 0. The zero-order valence-corrected chi connectivity index (χ0v) is 13.6. The number of fused-ring (bicyclic) bond motifs is 4. The van der Waals surface area contributed by atoms with Crippen LogP contribution in [0.5, 0.6) is 0 Å². The van der Waals surface area contributed by atoms with Crippen LogP contribution in [-0.2, 0) is 4.79 Å². The van der Waals surface area contributed by atoms with Crippen molar-refractivity contribution in [1.82, 2.24) is 9.80 Å². The number of rotatable bonds is 1. The maximum absolute atomic E-state index is 13.3. The summed E-state index contributed by atoms with van der Waals surface area (Å²) in [5.74, 6) is 0.624. The molecule has 6 heteroatoms. The number of carbonyl (C=O) groups excluding carboxylic acids is 2. The zero-order chi connectivity index (χ0) is 16.7. The predicted molar refractivity (Wildman–Crippen MR) is 87.9 cm³/mol. The standard InChI is InChI=1S/C18H22FN3O2/c19-14-3-1-4-15(8-14)20-18(24)21-9-12-7-13(11-21)16-5-2-6-17(23)22(16)10-12/h1,3-4,8,12-13,16H,2,5-7,9-11H2,(H,20,24)/t12-,13-,16-/m1/s1. The monoisotopic (exact) mass is 331 g/mol. The Hall–Kier alpha value is -2.11. The molecule has 128 valence electrons. The van der Waals surface area contributed by atoms with Gasteiger partial charge in [-0.1, -0.05) is 6.07 Å². The van der Waals surface area contributed by atoms with Crippen LogP contribution in [-0.4, -0.2) is 47.4 Å². The first-order valence-corrected chi connectivity index (χ1v) is 8.71. The Labute approximate surface area is 140 Å². The largest absolute Gasteiger partial charge is 0.339 e. The SMILES string of the molecule is O=C(Nc1cccc(F)c1)N1C[C@H]2C[C@H](C1)[C@H]1CCCC(=O)N1C2. The van der Waals surface area contributed by atoms with Gasteiger partial charge in [0, 0.05) is 37.8 Å². The molecule has 3 aliphatic rings. The van der Waals surface area contributed by atoms with Crippen molar-refractivity contribution < 1.29 is 14.0 Å². The van der Waals surface area contributed by atoms with Gasteiger partial charge in [-0.05, 0) is 49.3 Å². The van der Waals surface area contributed by atoms with Crippen molar-refractivity contribution in [3.63, 3.8) is 0 Å². The molecule has 0 saturated carbocycles. The average Bonchev–Trinajstić information content (AvgIpc) is 2.56. The smallest absolute Gasteiger partial charge is 0.321 e. The fourth-order valence-electron chi connectivity index (χ4n) is 4.54. The second kappa shape index (κ2) is 6.07. The number of halogens is 1. The number of benzene rings is 1. The minimum Gasteiger partial charge on any atom is -0.339 e. The first-order chi connectivity index (χ1) is 11.6. The summed E-state index contributed by atoms with van der Waals surface area (Å²) in [6.45, 7) is 2.10. The van der Waals surface area contributed by atoms with Crippen molar-refractivity contribution in [3.05, 3.63) is 30.1 Å². The van der Waals surface area contributed by atoms with E-state index in [9.17, 15) is 14.0 Å². The molecule has 3 saturated heterocycles. The van der Waals surface area contributed by atoms with Crippen molar-refractivity contribution in [2.75, 3.05) is 25.0 Å². The number of likely N-dealkylation sites (tertiary alicyclic amines) is 1. The Morgan fingerprint density at radius 3 is 2.96 bits per heavy atom. The van der Waals surface area contributed by atoms with Gasteiger partial charge in [0.1, 0.15) is 5.82 Å². The molecule has 3 aliphatic heterocycles. The maximum Gasteiger partial charge on any atom is 0.321 e. The molecular weight excluding hydrogens is 309 g/mol. The van der Waals surface area contributed by atoms with Gasteiger partial charge >= 0.3 is 6.03 Å². The number of urea groups is 1. The van der Waals surface area contributed by atoms with E-state index in [2.05, 4.69) is 10.2 Å². The van der Waals surface area contributed by atoms with Gasteiger partial charge in [0.2, 0.25) is 5.91 Å². The fraction of sp³-hybridized carbons (Fsp3) is 0.556. The predicted octanol–water partition coefficient (Wildman–Crippen LogP) is 2.69. The van der Waals surface area contributed by atoms with Crippen LogP contribution in [0.3, 0.4) is 0 Å². The number of hydrogen-bond acceptors (Lipinski definition) is 2. The molecule has 3 atom stereocenters. The molecule has 3 heterocycles. The lowest BCUT2D eigenvalue weighted by atomic mass is 9.76. The van der Waals surface area contributed by atoms with Crippen molar-refractivity contribution in [1.29, 1.82) is 0 Å². The highest BCUT2D eigenvalue weighted by molar-refractivity contribution is 5.89. The molecule has 0 aromatic heterocycles. The van der Waals surface area contributed by atoms with E-state index in [1.54, 1.807) is 12.1 Å². The van der Waals surface area contributed by atoms with Crippen LogP contribution in [0.4, 0.5) is 14.9 Å². The molecule has 0 spiro atoms. The van der Waals surface area contributed by atoms with Gasteiger partial charge < -0.3 is 15.1 Å². The molecule has 24 heavy (non-hydrogen) atoms. The molecule has 3 fully saturated rings. The molecule has 0 aliphatic carbocycles. The number of amides is 3. The van der Waals surface area contributed by atoms with Crippen molar-refractivity contribution in [2.24, 2.45) is 11.8 Å². The lowest BCUT2D eigenvalue weighted by molar-refractivity contribution is -0.144. The molecule has 1 aromatic rings. The van der Waals surface area contributed by atoms with E-state index in [0.717, 1.165) is 25.8 Å². The van der Waals surface area contributed by atoms with Crippen LogP contribution in [0.15, 0.2) is 24.3 Å². The van der Waals surface area contributed by atoms with E-state index in [1.807, 2.05) is 4.90 Å². The van der Waals surface area contributed by atoms with Gasteiger partial charge in [-0.25, -0.2) is 9.18 Å². The molecule has 1 N–H and O–H groups in total. The Morgan fingerprint density at radius 1 is 1.25 bits per heavy atom. The van der Waals surface area contributed by atoms with Crippen LogP contribution in [0.1, 0.15) is 25.7 Å². The van der Waals surface area contributed by atoms with E-state index in [-0.39, 0.29) is 23.8 Å². The summed E-state index contributed by atoms with van der Waals surface area (Å²) in [6.07, 6.45) is 3.76. The highest BCUT2D eigenvalue weighted by Crippen LogP contribution is 2.38. The maximum atomic E-state index is 13.3. The third-order valence-electron chi connectivity index (χ3n) is 5.54. The molecular formula is C18H22FN3O2. The normalized spacial score (nSPS) is 29.2.